The summed E-state index contributed by atoms with van der Waals surface area (Å²) in [6.07, 6.45) is 5.40. The fourth-order valence-corrected chi connectivity index (χ4v) is 2.54. The zero-order valence-electron chi connectivity index (χ0n) is 14.9. The molecule has 5 heteroatoms. The average Bonchev–Trinajstić information content (AvgIpc) is 3.14. The summed E-state index contributed by atoms with van der Waals surface area (Å²) in [7, 11) is 0. The molecule has 2 rings (SSSR count). The lowest BCUT2D eigenvalue weighted by Gasteiger charge is -2.17. The number of nitrogens with one attached hydrogen (secondary N) is 2. The van der Waals surface area contributed by atoms with Gasteiger partial charge in [0.1, 0.15) is 0 Å². The van der Waals surface area contributed by atoms with Crippen molar-refractivity contribution in [3.05, 3.63) is 42.0 Å². The maximum atomic E-state index is 5.35. The van der Waals surface area contributed by atoms with Crippen LogP contribution in [0.4, 0.5) is 5.69 Å². The van der Waals surface area contributed by atoms with E-state index in [-0.39, 0.29) is 0 Å². The van der Waals surface area contributed by atoms with Crippen LogP contribution in [0, 0.1) is 0 Å². The van der Waals surface area contributed by atoms with E-state index >= 15 is 0 Å². The molecule has 0 aliphatic carbocycles. The van der Waals surface area contributed by atoms with E-state index in [1.165, 1.54) is 11.3 Å². The highest BCUT2D eigenvalue weighted by molar-refractivity contribution is 5.79. The van der Waals surface area contributed by atoms with Gasteiger partial charge in [0.25, 0.3) is 0 Å². The third-order valence-electron chi connectivity index (χ3n) is 3.85. The minimum absolute atomic E-state index is 0.680. The number of hydrogen-bond acceptors (Lipinski definition) is 3. The monoisotopic (exact) mass is 330 g/mol. The van der Waals surface area contributed by atoms with Gasteiger partial charge in [0.2, 0.25) is 0 Å². The molecule has 1 aromatic carbocycles. The topological polar surface area (TPSA) is 48.9 Å². The first-order chi connectivity index (χ1) is 11.8. The van der Waals surface area contributed by atoms with E-state index in [1.807, 2.05) is 6.92 Å². The number of benzene rings is 1. The minimum atomic E-state index is 0.680. The highest BCUT2D eigenvalue weighted by Gasteiger charge is 2.06. The number of ether oxygens (including phenoxy) is 1. The molecular formula is C19H30N4O. The van der Waals surface area contributed by atoms with E-state index in [0.29, 0.717) is 6.54 Å². The summed E-state index contributed by atoms with van der Waals surface area (Å²) in [6.45, 7) is 10.1. The van der Waals surface area contributed by atoms with E-state index in [2.05, 4.69) is 63.9 Å². The lowest BCUT2D eigenvalue weighted by molar-refractivity contribution is 0.145. The standard InChI is InChI=1S/C19H30N4O/c1-3-20-19(21-12-7-15-24-4-2)22-16-17-8-10-18(11-9-17)23-13-5-6-14-23/h5-6,8-11H,3-4,7,12-16H2,1-2H3,(H2,20,21,22). The van der Waals surface area contributed by atoms with Crippen LogP contribution >= 0.6 is 0 Å². The zero-order valence-corrected chi connectivity index (χ0v) is 14.9. The van der Waals surface area contributed by atoms with Gasteiger partial charge in [-0.2, -0.15) is 0 Å². The summed E-state index contributed by atoms with van der Waals surface area (Å²) in [5.41, 5.74) is 2.49. The maximum Gasteiger partial charge on any atom is 0.191 e. The molecule has 1 aliphatic heterocycles. The summed E-state index contributed by atoms with van der Waals surface area (Å²) in [5, 5.41) is 6.63. The van der Waals surface area contributed by atoms with Gasteiger partial charge in [0, 0.05) is 45.1 Å². The summed E-state index contributed by atoms with van der Waals surface area (Å²) < 4.78 is 5.35. The van der Waals surface area contributed by atoms with Crippen molar-refractivity contribution in [2.75, 3.05) is 44.3 Å². The molecule has 1 heterocycles. The van der Waals surface area contributed by atoms with Crippen molar-refractivity contribution in [3.8, 4) is 0 Å². The van der Waals surface area contributed by atoms with E-state index in [0.717, 1.165) is 51.8 Å². The van der Waals surface area contributed by atoms with E-state index in [4.69, 9.17) is 4.74 Å². The van der Waals surface area contributed by atoms with Gasteiger partial charge in [-0.15, -0.1) is 0 Å². The maximum absolute atomic E-state index is 5.35. The second kappa shape index (κ2) is 10.7. The van der Waals surface area contributed by atoms with E-state index in [1.54, 1.807) is 0 Å². The second-order valence-electron chi connectivity index (χ2n) is 5.72. The Balaban J connectivity index is 1.81. The molecule has 0 bridgehead atoms. The van der Waals surface area contributed by atoms with Crippen molar-refractivity contribution >= 4 is 11.6 Å². The first-order valence-electron chi connectivity index (χ1n) is 8.92. The van der Waals surface area contributed by atoms with Crippen LogP contribution in [0.25, 0.3) is 0 Å². The van der Waals surface area contributed by atoms with Crippen molar-refractivity contribution < 1.29 is 4.74 Å². The predicted molar refractivity (Wildman–Crippen MR) is 102 cm³/mol. The minimum Gasteiger partial charge on any atom is -0.382 e. The Labute approximate surface area is 145 Å². The fraction of sp³-hybridized carbons (Fsp3) is 0.526. The van der Waals surface area contributed by atoms with Crippen LogP contribution < -0.4 is 15.5 Å². The summed E-state index contributed by atoms with van der Waals surface area (Å²) >= 11 is 0. The molecule has 0 unspecified atom stereocenters. The molecule has 2 N–H and O–H groups in total. The number of nitrogens with zero attached hydrogens (tertiary/aromatic N) is 2. The van der Waals surface area contributed by atoms with Crippen LogP contribution in [0.5, 0.6) is 0 Å². The zero-order chi connectivity index (χ0) is 17.0. The Hall–Kier alpha value is -2.01. The molecule has 1 aliphatic rings. The number of rotatable bonds is 9. The molecule has 0 radical (unpaired) electrons. The smallest absolute Gasteiger partial charge is 0.191 e. The first-order valence-corrected chi connectivity index (χ1v) is 8.92. The quantitative estimate of drug-likeness (QED) is 0.316. The molecule has 0 saturated heterocycles. The molecule has 5 nitrogen and oxygen atoms in total. The highest BCUT2D eigenvalue weighted by atomic mass is 16.5. The molecule has 0 aromatic heterocycles. The van der Waals surface area contributed by atoms with Gasteiger partial charge in [-0.25, -0.2) is 4.99 Å². The number of guanidine groups is 1. The van der Waals surface area contributed by atoms with Gasteiger partial charge in [0.15, 0.2) is 5.96 Å². The van der Waals surface area contributed by atoms with Crippen LogP contribution in [0.1, 0.15) is 25.8 Å². The molecular weight excluding hydrogens is 300 g/mol. The Bertz CT molecular complexity index is 517. The SMILES string of the molecule is CCNC(=NCc1ccc(N2CC=CC2)cc1)NCCCOCC. The molecule has 1 aromatic rings. The van der Waals surface area contributed by atoms with Crippen LogP contribution in [0.15, 0.2) is 41.4 Å². The van der Waals surface area contributed by atoms with Crippen molar-refractivity contribution in [1.82, 2.24) is 10.6 Å². The molecule has 0 saturated carbocycles. The predicted octanol–water partition coefficient (Wildman–Crippen LogP) is 2.54. The third-order valence-corrected chi connectivity index (χ3v) is 3.85. The largest absolute Gasteiger partial charge is 0.382 e. The Morgan fingerprint density at radius 1 is 1.12 bits per heavy atom. The van der Waals surface area contributed by atoms with E-state index in [9.17, 15) is 0 Å². The van der Waals surface area contributed by atoms with Gasteiger partial charge in [-0.3, -0.25) is 0 Å². The van der Waals surface area contributed by atoms with Crippen molar-refractivity contribution in [2.45, 2.75) is 26.8 Å². The highest BCUT2D eigenvalue weighted by Crippen LogP contribution is 2.17. The average molecular weight is 330 g/mol. The Morgan fingerprint density at radius 2 is 1.88 bits per heavy atom. The molecule has 0 amide bonds. The van der Waals surface area contributed by atoms with Gasteiger partial charge in [0.05, 0.1) is 6.54 Å². The second-order valence-corrected chi connectivity index (χ2v) is 5.72. The first kappa shape index (κ1) is 18.3. The van der Waals surface area contributed by atoms with E-state index < -0.39 is 0 Å². The van der Waals surface area contributed by atoms with Crippen LogP contribution in [0.2, 0.25) is 0 Å². The van der Waals surface area contributed by atoms with Crippen LogP contribution in [0.3, 0.4) is 0 Å². The Morgan fingerprint density at radius 3 is 2.54 bits per heavy atom. The number of anilines is 1. The molecule has 0 atom stereocenters. The van der Waals surface area contributed by atoms with Crippen LogP contribution in [-0.4, -0.2) is 45.4 Å². The summed E-state index contributed by atoms with van der Waals surface area (Å²) in [5.74, 6) is 0.863. The van der Waals surface area contributed by atoms with Crippen molar-refractivity contribution in [1.29, 1.82) is 0 Å². The normalized spacial score (nSPS) is 14.2. The van der Waals surface area contributed by atoms with Gasteiger partial charge < -0.3 is 20.3 Å². The number of hydrogen-bond donors (Lipinski definition) is 2. The van der Waals surface area contributed by atoms with Gasteiger partial charge in [-0.1, -0.05) is 24.3 Å². The Kier molecular flexibility index (Phi) is 8.18. The van der Waals surface area contributed by atoms with Crippen LogP contribution in [-0.2, 0) is 11.3 Å². The van der Waals surface area contributed by atoms with Gasteiger partial charge in [-0.05, 0) is 38.0 Å². The number of aliphatic imine (C=N–C) groups is 1. The summed E-state index contributed by atoms with van der Waals surface area (Å²) in [4.78, 5) is 7.00. The molecule has 132 valence electrons. The lowest BCUT2D eigenvalue weighted by atomic mass is 10.2. The molecule has 24 heavy (non-hydrogen) atoms. The fourth-order valence-electron chi connectivity index (χ4n) is 2.54. The lowest BCUT2D eigenvalue weighted by Crippen LogP contribution is -2.38. The third kappa shape index (κ3) is 6.24. The molecule has 0 fully saturated rings. The van der Waals surface area contributed by atoms with Gasteiger partial charge >= 0.3 is 0 Å². The van der Waals surface area contributed by atoms with Crippen molar-refractivity contribution in [3.63, 3.8) is 0 Å². The molecule has 0 spiro atoms. The van der Waals surface area contributed by atoms with Crippen molar-refractivity contribution in [2.24, 2.45) is 4.99 Å². The summed E-state index contributed by atoms with van der Waals surface area (Å²) in [6, 6.07) is 8.69.